The van der Waals surface area contributed by atoms with Gasteiger partial charge in [-0.3, -0.25) is 0 Å². The van der Waals surface area contributed by atoms with Crippen molar-refractivity contribution in [2.75, 3.05) is 33.5 Å². The third kappa shape index (κ3) is 3.59. The number of aliphatic hydroxyl groups excluding tert-OH is 1. The third-order valence-corrected chi connectivity index (χ3v) is 3.37. The number of nitrogens with two attached hydrogens (primary N) is 1. The van der Waals surface area contributed by atoms with Gasteiger partial charge in [0.15, 0.2) is 11.5 Å². The van der Waals surface area contributed by atoms with Gasteiger partial charge < -0.3 is 25.2 Å². The van der Waals surface area contributed by atoms with Gasteiger partial charge >= 0.3 is 0 Å². The van der Waals surface area contributed by atoms with Gasteiger partial charge in [-0.05, 0) is 43.7 Å². The molecule has 1 heterocycles. The fourth-order valence-electron chi connectivity index (χ4n) is 2.22. The monoisotopic (exact) mass is 266 g/mol. The van der Waals surface area contributed by atoms with E-state index >= 15 is 0 Å². The number of nitrogens with zero attached hydrogens (tertiary/aromatic N) is 1. The van der Waals surface area contributed by atoms with E-state index in [1.165, 1.54) is 11.1 Å². The molecule has 1 aromatic carbocycles. The van der Waals surface area contributed by atoms with Gasteiger partial charge in [-0.1, -0.05) is 0 Å². The first-order chi connectivity index (χ1) is 9.10. The van der Waals surface area contributed by atoms with Gasteiger partial charge in [0.1, 0.15) is 0 Å². The van der Waals surface area contributed by atoms with Gasteiger partial charge in [0.05, 0.1) is 6.61 Å². The van der Waals surface area contributed by atoms with Crippen LogP contribution in [-0.4, -0.2) is 49.6 Å². The topological polar surface area (TPSA) is 68.0 Å². The molecule has 0 radical (unpaired) electrons. The maximum absolute atomic E-state index is 8.94. The summed E-state index contributed by atoms with van der Waals surface area (Å²) in [6.45, 7) is 4.00. The zero-order valence-corrected chi connectivity index (χ0v) is 11.6. The Morgan fingerprint density at radius 3 is 2.74 bits per heavy atom. The molecule has 0 spiro atoms. The molecule has 0 saturated heterocycles. The molecule has 19 heavy (non-hydrogen) atoms. The molecular weight excluding hydrogens is 244 g/mol. The lowest BCUT2D eigenvalue weighted by molar-refractivity contribution is 0.174. The molecule has 1 aliphatic rings. The van der Waals surface area contributed by atoms with Crippen molar-refractivity contribution in [2.45, 2.75) is 19.4 Å². The van der Waals surface area contributed by atoms with Crippen LogP contribution in [0.15, 0.2) is 12.1 Å². The van der Waals surface area contributed by atoms with Crippen LogP contribution >= 0.6 is 0 Å². The van der Waals surface area contributed by atoms with Crippen LogP contribution in [0, 0.1) is 6.92 Å². The van der Waals surface area contributed by atoms with E-state index in [0.29, 0.717) is 13.3 Å². The van der Waals surface area contributed by atoms with E-state index in [2.05, 4.69) is 17.9 Å². The second-order valence-corrected chi connectivity index (χ2v) is 5.09. The number of aryl methyl sites for hydroxylation is 1. The lowest BCUT2D eigenvalue weighted by Gasteiger charge is -2.20. The van der Waals surface area contributed by atoms with Crippen LogP contribution in [0.4, 0.5) is 0 Å². The number of ether oxygens (including phenoxy) is 2. The quantitative estimate of drug-likeness (QED) is 0.785. The molecule has 0 saturated carbocycles. The zero-order chi connectivity index (χ0) is 13.8. The Morgan fingerprint density at radius 2 is 2.05 bits per heavy atom. The van der Waals surface area contributed by atoms with Crippen molar-refractivity contribution in [3.63, 3.8) is 0 Å². The molecule has 0 aliphatic carbocycles. The minimum atomic E-state index is -0.178. The fourth-order valence-corrected chi connectivity index (χ4v) is 2.22. The number of hydrogen-bond donors (Lipinski definition) is 2. The highest BCUT2D eigenvalue weighted by Crippen LogP contribution is 2.34. The second kappa shape index (κ2) is 6.23. The summed E-state index contributed by atoms with van der Waals surface area (Å²) in [6, 6.07) is 3.90. The average Bonchev–Trinajstić information content (AvgIpc) is 2.82. The molecule has 1 aromatic rings. The molecule has 3 N–H and O–H groups in total. The van der Waals surface area contributed by atoms with Gasteiger partial charge in [0, 0.05) is 19.1 Å². The maximum Gasteiger partial charge on any atom is 0.231 e. The smallest absolute Gasteiger partial charge is 0.231 e. The summed E-state index contributed by atoms with van der Waals surface area (Å²) in [6.07, 6.45) is 0.928. The molecule has 1 aliphatic heterocycles. The summed E-state index contributed by atoms with van der Waals surface area (Å²) in [5.74, 6) is 1.66. The van der Waals surface area contributed by atoms with Crippen molar-refractivity contribution < 1.29 is 14.6 Å². The standard InChI is InChI=1S/C14H22N2O3/c1-10-5-13-14(19-9-18-13)6-11(10)3-4-16(2)7-12(15)8-17/h5-6,12,17H,3-4,7-9,15H2,1-2H3. The van der Waals surface area contributed by atoms with Gasteiger partial charge in [-0.15, -0.1) is 0 Å². The highest BCUT2D eigenvalue weighted by atomic mass is 16.7. The van der Waals surface area contributed by atoms with E-state index in [1.54, 1.807) is 0 Å². The van der Waals surface area contributed by atoms with Crippen LogP contribution in [0.5, 0.6) is 11.5 Å². The van der Waals surface area contributed by atoms with Gasteiger partial charge in [-0.25, -0.2) is 0 Å². The summed E-state index contributed by atoms with van der Waals surface area (Å²) < 4.78 is 10.7. The Balaban J connectivity index is 1.92. The van der Waals surface area contributed by atoms with Gasteiger partial charge in [0.25, 0.3) is 0 Å². The molecule has 1 unspecified atom stereocenters. The summed E-state index contributed by atoms with van der Waals surface area (Å²) in [4.78, 5) is 2.13. The minimum absolute atomic E-state index is 0.0212. The predicted molar refractivity (Wildman–Crippen MR) is 73.6 cm³/mol. The highest BCUT2D eigenvalue weighted by molar-refractivity contribution is 5.48. The molecule has 106 valence electrons. The largest absolute Gasteiger partial charge is 0.454 e. The summed E-state index contributed by atoms with van der Waals surface area (Å²) in [7, 11) is 2.01. The van der Waals surface area contributed by atoms with E-state index in [0.717, 1.165) is 24.5 Å². The first-order valence-electron chi connectivity index (χ1n) is 6.54. The van der Waals surface area contributed by atoms with Crippen molar-refractivity contribution >= 4 is 0 Å². The molecule has 5 heteroatoms. The molecule has 0 aromatic heterocycles. The zero-order valence-electron chi connectivity index (χ0n) is 11.6. The molecule has 5 nitrogen and oxygen atoms in total. The first kappa shape index (κ1) is 14.1. The lowest BCUT2D eigenvalue weighted by Crippen LogP contribution is -2.38. The Labute approximate surface area is 113 Å². The third-order valence-electron chi connectivity index (χ3n) is 3.37. The number of likely N-dealkylation sites (N-methyl/N-ethyl adjacent to an activating group) is 1. The van der Waals surface area contributed by atoms with Crippen molar-refractivity contribution in [3.8, 4) is 11.5 Å². The summed E-state index contributed by atoms with van der Waals surface area (Å²) >= 11 is 0. The molecule has 0 amide bonds. The van der Waals surface area contributed by atoms with Crippen LogP contribution in [0.1, 0.15) is 11.1 Å². The summed E-state index contributed by atoms with van der Waals surface area (Å²) in [5, 5.41) is 8.94. The summed E-state index contributed by atoms with van der Waals surface area (Å²) in [5.41, 5.74) is 8.19. The number of fused-ring (bicyclic) bond motifs is 1. The Kier molecular flexibility index (Phi) is 4.63. The predicted octanol–water partition coefficient (Wildman–Crippen LogP) is 0.518. The van der Waals surface area contributed by atoms with Crippen LogP contribution in [-0.2, 0) is 6.42 Å². The van der Waals surface area contributed by atoms with E-state index in [4.69, 9.17) is 20.3 Å². The molecule has 1 atom stereocenters. The Bertz CT molecular complexity index is 437. The van der Waals surface area contributed by atoms with Crippen LogP contribution in [0.25, 0.3) is 0 Å². The Hall–Kier alpha value is -1.30. The van der Waals surface area contributed by atoms with E-state index in [1.807, 2.05) is 13.1 Å². The van der Waals surface area contributed by atoms with Crippen molar-refractivity contribution in [1.82, 2.24) is 4.90 Å². The molecular formula is C14H22N2O3. The van der Waals surface area contributed by atoms with Crippen molar-refractivity contribution in [3.05, 3.63) is 23.3 Å². The second-order valence-electron chi connectivity index (χ2n) is 5.09. The maximum atomic E-state index is 8.94. The molecule has 2 rings (SSSR count). The van der Waals surface area contributed by atoms with Crippen LogP contribution in [0.3, 0.4) is 0 Å². The lowest BCUT2D eigenvalue weighted by atomic mass is 10.0. The number of aliphatic hydroxyl groups is 1. The van der Waals surface area contributed by atoms with Gasteiger partial charge in [-0.2, -0.15) is 0 Å². The van der Waals surface area contributed by atoms with Crippen LogP contribution < -0.4 is 15.2 Å². The number of hydrogen-bond acceptors (Lipinski definition) is 5. The SMILES string of the molecule is Cc1cc2c(cc1CCN(C)CC(N)CO)OCO2. The fraction of sp³-hybridized carbons (Fsp3) is 0.571. The number of benzene rings is 1. The van der Waals surface area contributed by atoms with Crippen molar-refractivity contribution in [2.24, 2.45) is 5.73 Å². The van der Waals surface area contributed by atoms with E-state index in [-0.39, 0.29) is 12.6 Å². The van der Waals surface area contributed by atoms with E-state index < -0.39 is 0 Å². The Morgan fingerprint density at radius 1 is 1.37 bits per heavy atom. The minimum Gasteiger partial charge on any atom is -0.454 e. The normalized spacial score (nSPS) is 15.0. The molecule has 0 fully saturated rings. The highest BCUT2D eigenvalue weighted by Gasteiger charge is 2.15. The van der Waals surface area contributed by atoms with E-state index in [9.17, 15) is 0 Å². The average molecular weight is 266 g/mol. The van der Waals surface area contributed by atoms with Crippen molar-refractivity contribution in [1.29, 1.82) is 0 Å². The number of rotatable bonds is 6. The van der Waals surface area contributed by atoms with Gasteiger partial charge in [0.2, 0.25) is 6.79 Å². The molecule has 0 bridgehead atoms. The van der Waals surface area contributed by atoms with Crippen LogP contribution in [0.2, 0.25) is 0 Å². The first-order valence-corrected chi connectivity index (χ1v) is 6.54.